The highest BCUT2D eigenvalue weighted by molar-refractivity contribution is 5.99. The quantitative estimate of drug-likeness (QED) is 0.227. The molecule has 3 atom stereocenters. The first-order valence-corrected chi connectivity index (χ1v) is 13.5. The first-order valence-electron chi connectivity index (χ1n) is 13.5. The van der Waals surface area contributed by atoms with Gasteiger partial charge in [0.25, 0.3) is 0 Å². The van der Waals surface area contributed by atoms with Crippen LogP contribution in [-0.4, -0.2) is 33.3 Å². The lowest BCUT2D eigenvalue weighted by Gasteiger charge is -2.18. The number of benzene rings is 3. The number of aliphatic hydroxyl groups is 2. The smallest absolute Gasteiger partial charge is 0.223 e. The average Bonchev–Trinajstić information content (AvgIpc) is 3.77. The number of nitrogens with zero attached hydrogens (tertiary/aromatic N) is 1. The van der Waals surface area contributed by atoms with Crippen LogP contribution in [-0.2, 0) is 4.79 Å². The van der Waals surface area contributed by atoms with E-state index in [9.17, 15) is 19.4 Å². The molecule has 0 spiro atoms. The summed E-state index contributed by atoms with van der Waals surface area (Å²) in [5.41, 5.74) is 5.53. The van der Waals surface area contributed by atoms with Crippen LogP contribution in [0.3, 0.4) is 0 Å². The molecule has 4 aromatic rings. The SMILES string of the molecule is CC(NC(=O)CC(O)CC(O)/C=C/c1c(C2CC2)nc2ccccc2c1-c1ccc(F)cc1)c1ccccc1. The molecule has 1 saturated carbocycles. The van der Waals surface area contributed by atoms with E-state index in [1.165, 1.54) is 12.1 Å². The van der Waals surface area contributed by atoms with Gasteiger partial charge < -0.3 is 15.5 Å². The number of pyridine rings is 1. The molecule has 5 rings (SSSR count). The van der Waals surface area contributed by atoms with Gasteiger partial charge in [0.1, 0.15) is 5.82 Å². The highest BCUT2D eigenvalue weighted by Crippen LogP contribution is 2.45. The first-order chi connectivity index (χ1) is 18.9. The molecule has 3 aromatic carbocycles. The third-order valence-corrected chi connectivity index (χ3v) is 7.15. The summed E-state index contributed by atoms with van der Waals surface area (Å²) in [7, 11) is 0. The Balaban J connectivity index is 1.34. The molecule has 1 fully saturated rings. The fraction of sp³-hybridized carbons (Fsp3) is 0.273. The Morgan fingerprint density at radius 1 is 1.03 bits per heavy atom. The highest BCUT2D eigenvalue weighted by atomic mass is 19.1. The van der Waals surface area contributed by atoms with E-state index in [0.29, 0.717) is 5.92 Å². The number of hydrogen-bond acceptors (Lipinski definition) is 4. The van der Waals surface area contributed by atoms with E-state index in [0.717, 1.165) is 51.7 Å². The van der Waals surface area contributed by atoms with Gasteiger partial charge in [0.2, 0.25) is 5.91 Å². The lowest BCUT2D eigenvalue weighted by Crippen LogP contribution is -2.31. The molecule has 200 valence electrons. The van der Waals surface area contributed by atoms with Crippen molar-refractivity contribution in [3.63, 3.8) is 0 Å². The fourth-order valence-electron chi connectivity index (χ4n) is 5.00. The van der Waals surface area contributed by atoms with Gasteiger partial charge in [-0.05, 0) is 49.1 Å². The number of aromatic nitrogens is 1. The molecular weight excluding hydrogens is 491 g/mol. The van der Waals surface area contributed by atoms with Crippen molar-refractivity contribution in [3.05, 3.63) is 108 Å². The van der Waals surface area contributed by atoms with Gasteiger partial charge in [-0.3, -0.25) is 9.78 Å². The molecule has 1 heterocycles. The minimum absolute atomic E-state index is 0.0231. The second-order valence-electron chi connectivity index (χ2n) is 10.3. The molecule has 3 N–H and O–H groups in total. The van der Waals surface area contributed by atoms with Gasteiger partial charge in [-0.2, -0.15) is 0 Å². The average molecular weight is 525 g/mol. The summed E-state index contributed by atoms with van der Waals surface area (Å²) in [6.45, 7) is 1.89. The van der Waals surface area contributed by atoms with Gasteiger partial charge in [0, 0.05) is 28.9 Å². The number of fused-ring (bicyclic) bond motifs is 1. The van der Waals surface area contributed by atoms with Crippen LogP contribution in [0.15, 0.2) is 84.9 Å². The number of nitrogens with one attached hydrogen (secondary N) is 1. The van der Waals surface area contributed by atoms with Crippen molar-refractivity contribution in [1.82, 2.24) is 10.3 Å². The van der Waals surface area contributed by atoms with E-state index < -0.39 is 12.2 Å². The van der Waals surface area contributed by atoms with E-state index in [1.807, 2.05) is 67.6 Å². The fourth-order valence-corrected chi connectivity index (χ4v) is 5.00. The number of para-hydroxylation sites is 1. The molecule has 0 aliphatic heterocycles. The van der Waals surface area contributed by atoms with Gasteiger partial charge in [-0.15, -0.1) is 0 Å². The second-order valence-corrected chi connectivity index (χ2v) is 10.3. The summed E-state index contributed by atoms with van der Waals surface area (Å²) in [6.07, 6.45) is 3.57. The Labute approximate surface area is 228 Å². The summed E-state index contributed by atoms with van der Waals surface area (Å²) in [4.78, 5) is 17.4. The largest absolute Gasteiger partial charge is 0.392 e. The van der Waals surface area contributed by atoms with Crippen molar-refractivity contribution >= 4 is 22.9 Å². The number of rotatable bonds is 10. The summed E-state index contributed by atoms with van der Waals surface area (Å²) in [5, 5.41) is 25.1. The van der Waals surface area contributed by atoms with E-state index >= 15 is 0 Å². The molecule has 0 saturated heterocycles. The van der Waals surface area contributed by atoms with Gasteiger partial charge in [0.05, 0.1) is 35.9 Å². The van der Waals surface area contributed by atoms with E-state index in [1.54, 1.807) is 18.2 Å². The van der Waals surface area contributed by atoms with Crippen LogP contribution in [0.25, 0.3) is 28.1 Å². The minimum atomic E-state index is -0.998. The molecule has 39 heavy (non-hydrogen) atoms. The summed E-state index contributed by atoms with van der Waals surface area (Å²) < 4.78 is 13.7. The van der Waals surface area contributed by atoms with Crippen LogP contribution >= 0.6 is 0 Å². The van der Waals surface area contributed by atoms with E-state index in [-0.39, 0.29) is 30.6 Å². The zero-order valence-electron chi connectivity index (χ0n) is 21.9. The van der Waals surface area contributed by atoms with E-state index in [2.05, 4.69) is 5.32 Å². The lowest BCUT2D eigenvalue weighted by molar-refractivity contribution is -0.123. The van der Waals surface area contributed by atoms with Crippen molar-refractivity contribution in [2.75, 3.05) is 0 Å². The Kier molecular flexibility index (Phi) is 8.15. The van der Waals surface area contributed by atoms with Gasteiger partial charge in [0.15, 0.2) is 0 Å². The highest BCUT2D eigenvalue weighted by Gasteiger charge is 2.29. The first kappa shape index (κ1) is 26.7. The molecule has 0 radical (unpaired) electrons. The number of amides is 1. The van der Waals surface area contributed by atoms with Crippen molar-refractivity contribution in [2.24, 2.45) is 0 Å². The Bertz CT molecular complexity index is 1470. The van der Waals surface area contributed by atoms with Crippen LogP contribution in [0.5, 0.6) is 0 Å². The second kappa shape index (κ2) is 11.9. The van der Waals surface area contributed by atoms with Crippen LogP contribution in [0, 0.1) is 5.82 Å². The minimum Gasteiger partial charge on any atom is -0.392 e. The maximum atomic E-state index is 13.7. The number of hydrogen-bond donors (Lipinski definition) is 3. The number of carbonyl (C=O) groups is 1. The van der Waals surface area contributed by atoms with Gasteiger partial charge >= 0.3 is 0 Å². The Morgan fingerprint density at radius 2 is 1.72 bits per heavy atom. The number of aliphatic hydroxyl groups excluding tert-OH is 2. The summed E-state index contributed by atoms with van der Waals surface area (Å²) in [5.74, 6) is -0.238. The molecule has 6 heteroatoms. The Hall–Kier alpha value is -3.87. The topological polar surface area (TPSA) is 82.5 Å². The third-order valence-electron chi connectivity index (χ3n) is 7.15. The van der Waals surface area contributed by atoms with Crippen molar-refractivity contribution in [3.8, 4) is 11.1 Å². The summed E-state index contributed by atoms with van der Waals surface area (Å²) >= 11 is 0. The molecular formula is C33H33FN2O3. The molecule has 5 nitrogen and oxygen atoms in total. The summed E-state index contributed by atoms with van der Waals surface area (Å²) in [6, 6.07) is 23.8. The number of halogens is 1. The normalized spacial score (nSPS) is 15.8. The molecule has 1 aliphatic rings. The van der Waals surface area contributed by atoms with Crippen molar-refractivity contribution in [2.45, 2.75) is 56.8 Å². The van der Waals surface area contributed by atoms with Crippen LogP contribution in [0.2, 0.25) is 0 Å². The maximum Gasteiger partial charge on any atom is 0.223 e. The predicted octanol–water partition coefficient (Wildman–Crippen LogP) is 6.31. The maximum absolute atomic E-state index is 13.7. The Morgan fingerprint density at radius 3 is 2.44 bits per heavy atom. The molecule has 0 bridgehead atoms. The standard InChI is InChI=1S/C33H33FN2O3/c1-21(22-7-3-2-4-8-22)35-31(39)20-27(38)19-26(37)17-18-29-32(23-13-15-25(34)16-14-23)28-9-5-6-10-30(28)36-33(29)24-11-12-24/h2-10,13-18,21,24,26-27,37-38H,11-12,19-20H2,1H3,(H,35,39)/b18-17+. The van der Waals surface area contributed by atoms with Gasteiger partial charge in [-0.1, -0.05) is 72.8 Å². The number of carbonyl (C=O) groups excluding carboxylic acids is 1. The third kappa shape index (κ3) is 6.59. The predicted molar refractivity (Wildman–Crippen MR) is 152 cm³/mol. The zero-order valence-corrected chi connectivity index (χ0v) is 21.9. The molecule has 3 unspecified atom stereocenters. The molecule has 1 amide bonds. The monoisotopic (exact) mass is 524 g/mol. The van der Waals surface area contributed by atoms with Gasteiger partial charge in [-0.25, -0.2) is 4.39 Å². The van der Waals surface area contributed by atoms with Crippen LogP contribution < -0.4 is 5.32 Å². The van der Waals surface area contributed by atoms with Crippen molar-refractivity contribution in [1.29, 1.82) is 0 Å². The van der Waals surface area contributed by atoms with E-state index in [4.69, 9.17) is 4.98 Å². The van der Waals surface area contributed by atoms with Crippen LogP contribution in [0.4, 0.5) is 4.39 Å². The molecule has 1 aliphatic carbocycles. The lowest BCUT2D eigenvalue weighted by atomic mass is 9.92. The zero-order chi connectivity index (χ0) is 27.4. The van der Waals surface area contributed by atoms with Crippen molar-refractivity contribution < 1.29 is 19.4 Å². The molecule has 1 aromatic heterocycles. The van der Waals surface area contributed by atoms with Crippen LogP contribution in [0.1, 0.15) is 61.4 Å².